The van der Waals surface area contributed by atoms with Crippen molar-refractivity contribution in [2.75, 3.05) is 19.6 Å². The van der Waals surface area contributed by atoms with Crippen LogP contribution in [-0.4, -0.2) is 41.6 Å². The van der Waals surface area contributed by atoms with Crippen molar-refractivity contribution in [3.8, 4) is 0 Å². The lowest BCUT2D eigenvalue weighted by Gasteiger charge is -2.34. The van der Waals surface area contributed by atoms with E-state index in [1.807, 2.05) is 38.1 Å². The third kappa shape index (κ3) is 5.79. The van der Waals surface area contributed by atoms with Crippen LogP contribution in [0, 0.1) is 5.92 Å². The molecule has 1 amide bonds. The summed E-state index contributed by atoms with van der Waals surface area (Å²) < 4.78 is 0. The predicted molar refractivity (Wildman–Crippen MR) is 93.5 cm³/mol. The third-order valence-electron chi connectivity index (χ3n) is 4.40. The topological polar surface area (TPSA) is 52.6 Å². The second-order valence-electron chi connectivity index (χ2n) is 6.65. The first-order valence-corrected chi connectivity index (χ1v) is 8.78. The Morgan fingerprint density at radius 1 is 1.30 bits per heavy atom. The molecule has 0 spiro atoms. The summed E-state index contributed by atoms with van der Waals surface area (Å²) in [6, 6.07) is 7.64. The zero-order valence-corrected chi connectivity index (χ0v) is 14.7. The van der Waals surface area contributed by atoms with E-state index in [4.69, 9.17) is 11.6 Å². The van der Waals surface area contributed by atoms with Gasteiger partial charge < -0.3 is 15.3 Å². The summed E-state index contributed by atoms with van der Waals surface area (Å²) >= 11 is 5.89. The van der Waals surface area contributed by atoms with Crippen LogP contribution in [0.4, 0.5) is 0 Å². The van der Waals surface area contributed by atoms with Gasteiger partial charge in [0.25, 0.3) is 0 Å². The lowest BCUT2D eigenvalue weighted by molar-refractivity contribution is -0.122. The van der Waals surface area contributed by atoms with E-state index in [9.17, 15) is 9.90 Å². The average Bonchev–Trinajstić information content (AvgIpc) is 2.53. The smallest absolute Gasteiger partial charge is 0.221 e. The monoisotopic (exact) mass is 338 g/mol. The SMILES string of the molecule is CC(C)NC(=O)CCN1CCC(C(O)c2ccc(Cl)cc2)CC1. The number of aliphatic hydroxyl groups excluding tert-OH is 1. The van der Waals surface area contributed by atoms with Crippen molar-refractivity contribution in [2.24, 2.45) is 5.92 Å². The first-order valence-electron chi connectivity index (χ1n) is 8.41. The van der Waals surface area contributed by atoms with Crippen LogP contribution >= 0.6 is 11.6 Å². The number of hydrogen-bond acceptors (Lipinski definition) is 3. The van der Waals surface area contributed by atoms with E-state index in [2.05, 4.69) is 10.2 Å². The molecule has 0 aromatic heterocycles. The number of rotatable bonds is 6. The number of benzene rings is 1. The van der Waals surface area contributed by atoms with Gasteiger partial charge in [0.15, 0.2) is 0 Å². The zero-order chi connectivity index (χ0) is 16.8. The van der Waals surface area contributed by atoms with Gasteiger partial charge >= 0.3 is 0 Å². The Balaban J connectivity index is 1.75. The molecule has 4 nitrogen and oxygen atoms in total. The van der Waals surface area contributed by atoms with Crippen molar-refractivity contribution in [2.45, 2.75) is 45.3 Å². The fraction of sp³-hybridized carbons (Fsp3) is 0.611. The molecule has 0 radical (unpaired) electrons. The number of halogens is 1. The molecule has 0 aliphatic carbocycles. The molecule has 1 unspecified atom stereocenters. The van der Waals surface area contributed by atoms with Crippen LogP contribution in [0.25, 0.3) is 0 Å². The molecule has 1 heterocycles. The van der Waals surface area contributed by atoms with Gasteiger partial charge in [-0.05, 0) is 63.4 Å². The molecule has 1 aromatic rings. The van der Waals surface area contributed by atoms with Gasteiger partial charge in [-0.15, -0.1) is 0 Å². The van der Waals surface area contributed by atoms with Gasteiger partial charge in [-0.2, -0.15) is 0 Å². The van der Waals surface area contributed by atoms with Crippen molar-refractivity contribution in [1.82, 2.24) is 10.2 Å². The number of carbonyl (C=O) groups is 1. The molecular formula is C18H27ClN2O2. The maximum Gasteiger partial charge on any atom is 0.221 e. The summed E-state index contributed by atoms with van der Waals surface area (Å²) in [6.07, 6.45) is 2.02. The van der Waals surface area contributed by atoms with Crippen LogP contribution in [-0.2, 0) is 4.79 Å². The quantitative estimate of drug-likeness (QED) is 0.838. The van der Waals surface area contributed by atoms with Gasteiger partial charge in [0, 0.05) is 24.0 Å². The Labute approximate surface area is 143 Å². The Morgan fingerprint density at radius 3 is 2.48 bits per heavy atom. The van der Waals surface area contributed by atoms with Crippen LogP contribution < -0.4 is 5.32 Å². The predicted octanol–water partition coefficient (Wildman–Crippen LogP) is 3.00. The molecule has 1 saturated heterocycles. The number of nitrogens with one attached hydrogen (secondary N) is 1. The maximum absolute atomic E-state index is 11.7. The largest absolute Gasteiger partial charge is 0.388 e. The van der Waals surface area contributed by atoms with Crippen molar-refractivity contribution < 1.29 is 9.90 Å². The minimum atomic E-state index is -0.432. The minimum Gasteiger partial charge on any atom is -0.388 e. The lowest BCUT2D eigenvalue weighted by atomic mass is 9.87. The van der Waals surface area contributed by atoms with Gasteiger partial charge in [0.1, 0.15) is 0 Å². The highest BCUT2D eigenvalue weighted by Crippen LogP contribution is 2.31. The van der Waals surface area contributed by atoms with Gasteiger partial charge in [-0.25, -0.2) is 0 Å². The molecule has 1 aliphatic heterocycles. The number of piperidine rings is 1. The molecule has 1 aliphatic rings. The Kier molecular flexibility index (Phi) is 6.88. The van der Waals surface area contributed by atoms with E-state index in [1.54, 1.807) is 0 Å². The number of nitrogens with zero attached hydrogens (tertiary/aromatic N) is 1. The number of hydrogen-bond donors (Lipinski definition) is 2. The van der Waals surface area contributed by atoms with Gasteiger partial charge in [0.05, 0.1) is 6.10 Å². The van der Waals surface area contributed by atoms with Gasteiger partial charge in [0.2, 0.25) is 5.91 Å². The highest BCUT2D eigenvalue weighted by atomic mass is 35.5. The van der Waals surface area contributed by atoms with Crippen molar-refractivity contribution >= 4 is 17.5 Å². The van der Waals surface area contributed by atoms with Crippen LogP contribution in [0.1, 0.15) is 44.8 Å². The molecule has 23 heavy (non-hydrogen) atoms. The Hall–Kier alpha value is -1.10. The molecule has 1 fully saturated rings. The normalized spacial score (nSPS) is 18.1. The molecule has 2 N–H and O–H groups in total. The summed E-state index contributed by atoms with van der Waals surface area (Å²) in [5, 5.41) is 14.1. The number of carbonyl (C=O) groups excluding carboxylic acids is 1. The van der Waals surface area contributed by atoms with E-state index in [0.29, 0.717) is 11.4 Å². The van der Waals surface area contributed by atoms with Crippen molar-refractivity contribution in [1.29, 1.82) is 0 Å². The van der Waals surface area contributed by atoms with E-state index in [1.165, 1.54) is 0 Å². The van der Waals surface area contributed by atoms with E-state index in [-0.39, 0.29) is 17.9 Å². The average molecular weight is 339 g/mol. The Bertz CT molecular complexity index is 496. The van der Waals surface area contributed by atoms with Gasteiger partial charge in [-0.1, -0.05) is 23.7 Å². The summed E-state index contributed by atoms with van der Waals surface area (Å²) in [5.74, 6) is 0.389. The van der Waals surface area contributed by atoms with E-state index in [0.717, 1.165) is 38.0 Å². The van der Waals surface area contributed by atoms with Crippen LogP contribution in [0.3, 0.4) is 0 Å². The third-order valence-corrected chi connectivity index (χ3v) is 4.65. The molecule has 5 heteroatoms. The molecular weight excluding hydrogens is 312 g/mol. The summed E-state index contributed by atoms with van der Waals surface area (Å²) in [7, 11) is 0. The van der Waals surface area contributed by atoms with Crippen molar-refractivity contribution in [3.05, 3.63) is 34.9 Å². The summed E-state index contributed by atoms with van der Waals surface area (Å²) in [5.41, 5.74) is 0.934. The first-order chi connectivity index (χ1) is 11.0. The number of likely N-dealkylation sites (tertiary alicyclic amines) is 1. The summed E-state index contributed by atoms with van der Waals surface area (Å²) in [4.78, 5) is 14.0. The molecule has 1 aromatic carbocycles. The molecule has 2 rings (SSSR count). The molecule has 1 atom stereocenters. The van der Waals surface area contributed by atoms with Crippen molar-refractivity contribution in [3.63, 3.8) is 0 Å². The number of amides is 1. The fourth-order valence-electron chi connectivity index (χ4n) is 3.08. The van der Waals surface area contributed by atoms with Crippen LogP contribution in [0.5, 0.6) is 0 Å². The second kappa shape index (κ2) is 8.67. The van der Waals surface area contributed by atoms with E-state index >= 15 is 0 Å². The number of aliphatic hydroxyl groups is 1. The highest BCUT2D eigenvalue weighted by Gasteiger charge is 2.26. The second-order valence-corrected chi connectivity index (χ2v) is 7.08. The molecule has 128 valence electrons. The van der Waals surface area contributed by atoms with E-state index < -0.39 is 6.10 Å². The first kappa shape index (κ1) is 18.2. The zero-order valence-electron chi connectivity index (χ0n) is 14.0. The molecule has 0 saturated carbocycles. The highest BCUT2D eigenvalue weighted by molar-refractivity contribution is 6.30. The standard InChI is InChI=1S/C18H27ClN2O2/c1-13(2)20-17(22)9-12-21-10-7-15(8-11-21)18(23)14-3-5-16(19)6-4-14/h3-6,13,15,18,23H,7-12H2,1-2H3,(H,20,22). The molecule has 0 bridgehead atoms. The van der Waals surface area contributed by atoms with Crippen LogP contribution in [0.2, 0.25) is 5.02 Å². The maximum atomic E-state index is 11.7. The van der Waals surface area contributed by atoms with Crippen LogP contribution in [0.15, 0.2) is 24.3 Å². The fourth-order valence-corrected chi connectivity index (χ4v) is 3.20. The summed E-state index contributed by atoms with van der Waals surface area (Å²) in [6.45, 7) is 6.61. The Morgan fingerprint density at radius 2 is 1.91 bits per heavy atom. The minimum absolute atomic E-state index is 0.114. The lowest BCUT2D eigenvalue weighted by Crippen LogP contribution is -2.39. The van der Waals surface area contributed by atoms with Gasteiger partial charge in [-0.3, -0.25) is 4.79 Å².